The number of hydrogen-bond acceptors (Lipinski definition) is 4. The van der Waals surface area contributed by atoms with Crippen molar-refractivity contribution in [1.29, 1.82) is 0 Å². The minimum atomic E-state index is -0.179. The summed E-state index contributed by atoms with van der Waals surface area (Å²) in [6.07, 6.45) is 1.76. The number of carbonyl (C=O) groups excluding carboxylic acids is 1. The minimum Gasteiger partial charge on any atom is -0.377 e. The van der Waals surface area contributed by atoms with Gasteiger partial charge in [-0.1, -0.05) is 41.9 Å². The number of nitrogens with zero attached hydrogens (tertiary/aromatic N) is 3. The summed E-state index contributed by atoms with van der Waals surface area (Å²) in [5.74, 6) is 0.533. The normalized spacial score (nSPS) is 10.7. The first-order valence-corrected chi connectivity index (χ1v) is 10.7. The number of para-hydroxylation sites is 1. The predicted molar refractivity (Wildman–Crippen MR) is 129 cm³/mol. The van der Waals surface area contributed by atoms with Crippen LogP contribution in [0.5, 0.6) is 0 Å². The zero-order chi connectivity index (χ0) is 22.5. The monoisotopic (exact) mass is 455 g/mol. The van der Waals surface area contributed by atoms with Crippen LogP contribution in [0, 0.1) is 25.5 Å². The van der Waals surface area contributed by atoms with Gasteiger partial charge in [0.1, 0.15) is 6.54 Å². The molecule has 2 N–H and O–H groups in total. The van der Waals surface area contributed by atoms with Gasteiger partial charge in [-0.3, -0.25) is 9.36 Å². The van der Waals surface area contributed by atoms with Gasteiger partial charge in [-0.2, -0.15) is 5.10 Å². The quantitative estimate of drug-likeness (QED) is 0.351. The fraction of sp³-hybridized carbons (Fsp3) is 0.261. The number of amides is 1. The molecule has 0 fully saturated rings. The van der Waals surface area contributed by atoms with E-state index in [1.807, 2.05) is 61.7 Å². The Labute approximate surface area is 192 Å². The lowest BCUT2D eigenvalue weighted by Gasteiger charge is -2.11. The molecule has 0 aliphatic heterocycles. The molecular formula is C23H26ClN5OS. The standard InChI is InChI=1S/C23H26ClN5OS/c1-5-12-28-20(13-25-19-11-7-10-18(24)17(19)4)27-29(23(28)31)14-21(30)26-22-15(2)8-6-9-16(22)3/h5-11,25H,1,12-14H2,2-4H3,(H,26,30). The summed E-state index contributed by atoms with van der Waals surface area (Å²) in [4.78, 5) is 12.7. The van der Waals surface area contributed by atoms with Gasteiger partial charge in [-0.25, -0.2) is 4.68 Å². The van der Waals surface area contributed by atoms with Crippen LogP contribution >= 0.6 is 23.8 Å². The summed E-state index contributed by atoms with van der Waals surface area (Å²) in [6, 6.07) is 11.6. The molecule has 0 bridgehead atoms. The number of allylic oxidation sites excluding steroid dienone is 1. The van der Waals surface area contributed by atoms with E-state index in [9.17, 15) is 4.79 Å². The Kier molecular flexibility index (Phi) is 7.30. The van der Waals surface area contributed by atoms with Crippen LogP contribution < -0.4 is 10.6 Å². The highest BCUT2D eigenvalue weighted by Gasteiger charge is 2.14. The Hall–Kier alpha value is -2.90. The van der Waals surface area contributed by atoms with Crippen LogP contribution in [0.2, 0.25) is 5.02 Å². The van der Waals surface area contributed by atoms with Gasteiger partial charge < -0.3 is 10.6 Å². The third-order valence-corrected chi connectivity index (χ3v) is 5.90. The smallest absolute Gasteiger partial charge is 0.246 e. The second kappa shape index (κ2) is 9.94. The Morgan fingerprint density at radius 3 is 2.55 bits per heavy atom. The van der Waals surface area contributed by atoms with Crippen molar-refractivity contribution in [2.75, 3.05) is 10.6 Å². The van der Waals surface area contributed by atoms with E-state index in [2.05, 4.69) is 22.3 Å². The molecule has 0 aliphatic carbocycles. The Morgan fingerprint density at radius 2 is 1.87 bits per heavy atom. The van der Waals surface area contributed by atoms with Crippen molar-refractivity contribution in [2.45, 2.75) is 40.4 Å². The second-order valence-corrected chi connectivity index (χ2v) is 8.11. The van der Waals surface area contributed by atoms with Crippen LogP contribution in [-0.4, -0.2) is 20.3 Å². The molecule has 2 aromatic carbocycles. The summed E-state index contributed by atoms with van der Waals surface area (Å²) in [6.45, 7) is 10.7. The lowest BCUT2D eigenvalue weighted by Crippen LogP contribution is -2.21. The molecule has 0 aliphatic rings. The van der Waals surface area contributed by atoms with Gasteiger partial charge in [0.2, 0.25) is 5.91 Å². The number of carbonyl (C=O) groups is 1. The molecule has 31 heavy (non-hydrogen) atoms. The number of benzene rings is 2. The highest BCUT2D eigenvalue weighted by molar-refractivity contribution is 7.71. The number of halogens is 1. The zero-order valence-corrected chi connectivity index (χ0v) is 19.5. The van der Waals surface area contributed by atoms with Crippen molar-refractivity contribution in [1.82, 2.24) is 14.3 Å². The molecule has 0 atom stereocenters. The first-order valence-electron chi connectivity index (χ1n) is 9.94. The maximum absolute atomic E-state index is 12.7. The number of hydrogen-bond donors (Lipinski definition) is 2. The van der Waals surface area contributed by atoms with E-state index in [1.165, 1.54) is 0 Å². The van der Waals surface area contributed by atoms with Crippen molar-refractivity contribution in [3.05, 3.63) is 81.4 Å². The molecule has 1 amide bonds. The maximum atomic E-state index is 12.7. The average Bonchev–Trinajstić information content (AvgIpc) is 3.01. The molecule has 162 valence electrons. The number of anilines is 2. The van der Waals surface area contributed by atoms with Gasteiger partial charge in [-0.15, -0.1) is 6.58 Å². The summed E-state index contributed by atoms with van der Waals surface area (Å²) < 4.78 is 3.88. The van der Waals surface area contributed by atoms with E-state index in [-0.39, 0.29) is 12.5 Å². The molecule has 1 aromatic heterocycles. The minimum absolute atomic E-state index is 0.0277. The van der Waals surface area contributed by atoms with E-state index in [1.54, 1.807) is 10.8 Å². The van der Waals surface area contributed by atoms with Gasteiger partial charge in [0, 0.05) is 22.9 Å². The molecule has 0 unspecified atom stereocenters. The van der Waals surface area contributed by atoms with Crippen molar-refractivity contribution in [3.8, 4) is 0 Å². The van der Waals surface area contributed by atoms with Crippen molar-refractivity contribution in [3.63, 3.8) is 0 Å². The molecular weight excluding hydrogens is 430 g/mol. The van der Waals surface area contributed by atoms with E-state index >= 15 is 0 Å². The lowest BCUT2D eigenvalue weighted by atomic mass is 10.1. The summed E-state index contributed by atoms with van der Waals surface area (Å²) in [7, 11) is 0. The van der Waals surface area contributed by atoms with Crippen molar-refractivity contribution < 1.29 is 4.79 Å². The van der Waals surface area contributed by atoms with Crippen LogP contribution in [0.25, 0.3) is 0 Å². The van der Waals surface area contributed by atoms with Gasteiger partial charge in [0.15, 0.2) is 10.6 Å². The number of aromatic nitrogens is 3. The molecule has 6 nitrogen and oxygen atoms in total. The highest BCUT2D eigenvalue weighted by Crippen LogP contribution is 2.23. The Morgan fingerprint density at radius 1 is 1.19 bits per heavy atom. The molecule has 0 spiro atoms. The first kappa shape index (κ1) is 22.8. The first-order chi connectivity index (χ1) is 14.8. The molecule has 1 heterocycles. The van der Waals surface area contributed by atoms with Gasteiger partial charge in [0.05, 0.1) is 6.54 Å². The maximum Gasteiger partial charge on any atom is 0.246 e. The van der Waals surface area contributed by atoms with Crippen molar-refractivity contribution in [2.24, 2.45) is 0 Å². The van der Waals surface area contributed by atoms with E-state index < -0.39 is 0 Å². The largest absolute Gasteiger partial charge is 0.377 e. The summed E-state index contributed by atoms with van der Waals surface area (Å²) >= 11 is 11.8. The van der Waals surface area contributed by atoms with Gasteiger partial charge in [-0.05, 0) is 61.8 Å². The molecule has 0 saturated carbocycles. The van der Waals surface area contributed by atoms with Crippen LogP contribution in [0.1, 0.15) is 22.5 Å². The van der Waals surface area contributed by atoms with Crippen LogP contribution in [0.4, 0.5) is 11.4 Å². The Balaban J connectivity index is 1.80. The summed E-state index contributed by atoms with van der Waals surface area (Å²) in [5.41, 5.74) is 4.73. The fourth-order valence-electron chi connectivity index (χ4n) is 3.33. The predicted octanol–water partition coefficient (Wildman–Crippen LogP) is 5.43. The van der Waals surface area contributed by atoms with E-state index in [4.69, 9.17) is 23.8 Å². The van der Waals surface area contributed by atoms with Crippen LogP contribution in [0.15, 0.2) is 49.1 Å². The molecule has 3 aromatic rings. The topological polar surface area (TPSA) is 63.9 Å². The molecule has 0 saturated heterocycles. The van der Waals surface area contributed by atoms with E-state index in [0.29, 0.717) is 28.7 Å². The van der Waals surface area contributed by atoms with Crippen LogP contribution in [0.3, 0.4) is 0 Å². The van der Waals surface area contributed by atoms with Gasteiger partial charge >= 0.3 is 0 Å². The third kappa shape index (κ3) is 5.24. The number of nitrogens with one attached hydrogen (secondary N) is 2. The molecule has 8 heteroatoms. The fourth-order valence-corrected chi connectivity index (χ4v) is 3.79. The zero-order valence-electron chi connectivity index (χ0n) is 17.9. The van der Waals surface area contributed by atoms with Crippen molar-refractivity contribution >= 4 is 41.1 Å². The van der Waals surface area contributed by atoms with Crippen LogP contribution in [-0.2, 0) is 24.4 Å². The Bertz CT molecular complexity index is 1160. The van der Waals surface area contributed by atoms with E-state index in [0.717, 1.165) is 28.1 Å². The second-order valence-electron chi connectivity index (χ2n) is 7.34. The van der Waals surface area contributed by atoms with Gasteiger partial charge in [0.25, 0.3) is 0 Å². The number of aryl methyl sites for hydroxylation is 2. The third-order valence-electron chi connectivity index (χ3n) is 5.05. The summed E-state index contributed by atoms with van der Waals surface area (Å²) in [5, 5.41) is 11.6. The number of rotatable bonds is 8. The SMILES string of the molecule is C=CCn1c(CNc2cccc(Cl)c2C)nn(CC(=O)Nc2c(C)cccc2C)c1=S. The lowest BCUT2D eigenvalue weighted by molar-refractivity contribution is -0.116. The average molecular weight is 456 g/mol. The molecule has 0 radical (unpaired) electrons. The highest BCUT2D eigenvalue weighted by atomic mass is 35.5. The molecule has 3 rings (SSSR count).